The minimum Gasteiger partial charge on any atom is -0.372 e. The van der Waals surface area contributed by atoms with Gasteiger partial charge >= 0.3 is 0 Å². The lowest BCUT2D eigenvalue weighted by Gasteiger charge is -2.24. The maximum atomic E-state index is 13.3. The summed E-state index contributed by atoms with van der Waals surface area (Å²) >= 11 is 0. The van der Waals surface area contributed by atoms with Gasteiger partial charge in [-0.25, -0.2) is 17.4 Å². The summed E-state index contributed by atoms with van der Waals surface area (Å²) in [7, 11) is -3.78. The summed E-state index contributed by atoms with van der Waals surface area (Å²) in [5.41, 5.74) is 3.04. The zero-order chi connectivity index (χ0) is 23.4. The Labute approximate surface area is 195 Å². The van der Waals surface area contributed by atoms with Crippen molar-refractivity contribution in [1.29, 1.82) is 0 Å². The fourth-order valence-electron chi connectivity index (χ4n) is 3.90. The van der Waals surface area contributed by atoms with Gasteiger partial charge in [-0.1, -0.05) is 32.0 Å². The fraction of sp³-hybridized carbons (Fsp3) is 0.280. The summed E-state index contributed by atoms with van der Waals surface area (Å²) in [5.74, 6) is 0.342. The number of hydrogen-bond acceptors (Lipinski definition) is 6. The third kappa shape index (κ3) is 4.71. The van der Waals surface area contributed by atoms with E-state index in [0.717, 1.165) is 31.6 Å². The number of anilines is 3. The van der Waals surface area contributed by atoms with Crippen molar-refractivity contribution in [3.05, 3.63) is 72.6 Å². The average Bonchev–Trinajstić information content (AvgIpc) is 3.24. The number of nitrogens with one attached hydrogen (secondary N) is 1. The van der Waals surface area contributed by atoms with Gasteiger partial charge in [-0.2, -0.15) is 4.98 Å². The summed E-state index contributed by atoms with van der Waals surface area (Å²) in [4.78, 5) is 11.5. The lowest BCUT2D eigenvalue weighted by Crippen LogP contribution is -2.24. The van der Waals surface area contributed by atoms with Gasteiger partial charge in [0.1, 0.15) is 0 Å². The van der Waals surface area contributed by atoms with Crippen LogP contribution in [-0.2, 0) is 10.0 Å². The van der Waals surface area contributed by atoms with Gasteiger partial charge in [0, 0.05) is 42.2 Å². The van der Waals surface area contributed by atoms with E-state index in [4.69, 9.17) is 0 Å². The van der Waals surface area contributed by atoms with Crippen LogP contribution in [0.3, 0.4) is 0 Å². The highest BCUT2D eigenvalue weighted by Gasteiger charge is 2.21. The van der Waals surface area contributed by atoms with E-state index in [1.165, 1.54) is 15.9 Å². The van der Waals surface area contributed by atoms with Crippen LogP contribution in [0.1, 0.15) is 32.3 Å². The molecule has 0 saturated carbocycles. The standard InChI is InChI=1S/C25H29N5O2S/c1-4-15-29(16-5-2)22-12-10-21(11-13-22)27-25-26-18-20-14-17-30(24(20)28-25)33(31,32)23-9-7-6-8-19(23)3/h6-14,17-18H,4-5,15-16H2,1-3H3,(H,26,27,28). The molecular weight excluding hydrogens is 434 g/mol. The smallest absolute Gasteiger partial charge is 0.269 e. The number of fused-ring (bicyclic) bond motifs is 1. The van der Waals surface area contributed by atoms with Crippen LogP contribution in [0.5, 0.6) is 0 Å². The molecule has 0 saturated heterocycles. The highest BCUT2D eigenvalue weighted by atomic mass is 32.2. The summed E-state index contributed by atoms with van der Waals surface area (Å²) in [5, 5.41) is 3.85. The first-order chi connectivity index (χ1) is 15.9. The van der Waals surface area contributed by atoms with Crippen LogP contribution in [0.15, 0.2) is 71.9 Å². The monoisotopic (exact) mass is 463 g/mol. The molecule has 172 valence electrons. The fourth-order valence-corrected chi connectivity index (χ4v) is 5.43. The van der Waals surface area contributed by atoms with E-state index in [0.29, 0.717) is 22.5 Å². The molecule has 0 fully saturated rings. The molecule has 4 aromatic rings. The molecule has 0 amide bonds. The summed E-state index contributed by atoms with van der Waals surface area (Å²) in [6, 6.07) is 16.8. The molecule has 0 radical (unpaired) electrons. The molecular formula is C25H29N5O2S. The Morgan fingerprint density at radius 3 is 2.33 bits per heavy atom. The van der Waals surface area contributed by atoms with Crippen molar-refractivity contribution in [3.63, 3.8) is 0 Å². The Morgan fingerprint density at radius 1 is 0.970 bits per heavy atom. The van der Waals surface area contributed by atoms with E-state index < -0.39 is 10.0 Å². The van der Waals surface area contributed by atoms with Gasteiger partial charge in [0.2, 0.25) is 5.95 Å². The Balaban J connectivity index is 1.62. The molecule has 2 aromatic carbocycles. The third-order valence-corrected chi connectivity index (χ3v) is 7.33. The van der Waals surface area contributed by atoms with E-state index in [1.54, 1.807) is 37.4 Å². The molecule has 2 heterocycles. The van der Waals surface area contributed by atoms with Crippen molar-refractivity contribution in [2.75, 3.05) is 23.3 Å². The van der Waals surface area contributed by atoms with E-state index >= 15 is 0 Å². The van der Waals surface area contributed by atoms with E-state index in [-0.39, 0.29) is 4.90 Å². The Kier molecular flexibility index (Phi) is 6.65. The average molecular weight is 464 g/mol. The zero-order valence-electron chi connectivity index (χ0n) is 19.2. The van der Waals surface area contributed by atoms with Gasteiger partial charge in [-0.3, -0.25) is 0 Å². The normalized spacial score (nSPS) is 11.6. The third-order valence-electron chi connectivity index (χ3n) is 5.50. The van der Waals surface area contributed by atoms with Gasteiger partial charge in [-0.05, 0) is 61.7 Å². The van der Waals surface area contributed by atoms with Crippen LogP contribution < -0.4 is 10.2 Å². The van der Waals surface area contributed by atoms with Crippen molar-refractivity contribution in [2.24, 2.45) is 0 Å². The Hall–Kier alpha value is -3.39. The first kappa shape index (κ1) is 22.8. The molecule has 8 heteroatoms. The lowest BCUT2D eigenvalue weighted by atomic mass is 10.2. The van der Waals surface area contributed by atoms with Crippen molar-refractivity contribution in [1.82, 2.24) is 13.9 Å². The number of aryl methyl sites for hydroxylation is 1. The molecule has 4 rings (SSSR count). The van der Waals surface area contributed by atoms with Crippen LogP contribution >= 0.6 is 0 Å². The molecule has 0 spiro atoms. The second kappa shape index (κ2) is 9.62. The summed E-state index contributed by atoms with van der Waals surface area (Å²) < 4.78 is 27.8. The SMILES string of the molecule is CCCN(CCC)c1ccc(Nc2ncc3ccn(S(=O)(=O)c4ccccc4C)c3n2)cc1. The molecule has 2 aromatic heterocycles. The summed E-state index contributed by atoms with van der Waals surface area (Å²) in [6.07, 6.45) is 5.35. The topological polar surface area (TPSA) is 80.1 Å². The first-order valence-corrected chi connectivity index (χ1v) is 12.7. The molecule has 33 heavy (non-hydrogen) atoms. The molecule has 0 unspecified atom stereocenters. The lowest BCUT2D eigenvalue weighted by molar-refractivity contribution is 0.588. The van der Waals surface area contributed by atoms with Crippen LogP contribution in [0.25, 0.3) is 11.0 Å². The van der Waals surface area contributed by atoms with Crippen LogP contribution in [0.4, 0.5) is 17.3 Å². The molecule has 0 aliphatic rings. The quantitative estimate of drug-likeness (QED) is 0.361. The van der Waals surface area contributed by atoms with Crippen LogP contribution in [0.2, 0.25) is 0 Å². The first-order valence-electron chi connectivity index (χ1n) is 11.2. The molecule has 0 aliphatic carbocycles. The number of nitrogens with zero attached hydrogens (tertiary/aromatic N) is 4. The molecule has 7 nitrogen and oxygen atoms in total. The second-order valence-electron chi connectivity index (χ2n) is 8.01. The maximum absolute atomic E-state index is 13.3. The molecule has 0 atom stereocenters. The van der Waals surface area contributed by atoms with Crippen molar-refractivity contribution < 1.29 is 8.42 Å². The van der Waals surface area contributed by atoms with Crippen LogP contribution in [0, 0.1) is 6.92 Å². The van der Waals surface area contributed by atoms with Crippen molar-refractivity contribution in [3.8, 4) is 0 Å². The zero-order valence-corrected chi connectivity index (χ0v) is 20.0. The number of hydrogen-bond donors (Lipinski definition) is 1. The van der Waals surface area contributed by atoms with Gasteiger partial charge in [0.15, 0.2) is 5.65 Å². The highest BCUT2D eigenvalue weighted by molar-refractivity contribution is 7.90. The van der Waals surface area contributed by atoms with E-state index in [9.17, 15) is 8.42 Å². The van der Waals surface area contributed by atoms with Gasteiger partial charge in [0.25, 0.3) is 10.0 Å². The maximum Gasteiger partial charge on any atom is 0.269 e. The molecule has 1 N–H and O–H groups in total. The predicted molar refractivity (Wildman–Crippen MR) is 134 cm³/mol. The van der Waals surface area contributed by atoms with Gasteiger partial charge in [-0.15, -0.1) is 0 Å². The van der Waals surface area contributed by atoms with Gasteiger partial charge in [0.05, 0.1) is 4.90 Å². The van der Waals surface area contributed by atoms with Crippen molar-refractivity contribution >= 4 is 38.4 Å². The van der Waals surface area contributed by atoms with E-state index in [1.807, 2.05) is 18.2 Å². The van der Waals surface area contributed by atoms with Gasteiger partial charge < -0.3 is 10.2 Å². The number of rotatable bonds is 9. The van der Waals surface area contributed by atoms with Crippen molar-refractivity contribution in [2.45, 2.75) is 38.5 Å². The van der Waals surface area contributed by atoms with E-state index in [2.05, 4.69) is 46.2 Å². The van der Waals surface area contributed by atoms with Crippen LogP contribution in [-0.4, -0.2) is 35.4 Å². The Bertz CT molecular complexity index is 1340. The molecule has 0 aliphatic heterocycles. The summed E-state index contributed by atoms with van der Waals surface area (Å²) in [6.45, 7) is 8.19. The minimum absolute atomic E-state index is 0.259. The minimum atomic E-state index is -3.78. The number of benzene rings is 2. The number of aromatic nitrogens is 3. The Morgan fingerprint density at radius 2 is 1.67 bits per heavy atom. The predicted octanol–water partition coefficient (Wildman–Crippen LogP) is 5.35. The largest absolute Gasteiger partial charge is 0.372 e. The molecule has 0 bridgehead atoms. The second-order valence-corrected chi connectivity index (χ2v) is 9.80. The highest BCUT2D eigenvalue weighted by Crippen LogP contribution is 2.25.